The zero-order valence-corrected chi connectivity index (χ0v) is 10.2. The van der Waals surface area contributed by atoms with E-state index in [0.29, 0.717) is 0 Å². The molecule has 0 aliphatic carbocycles. The van der Waals surface area contributed by atoms with Crippen molar-refractivity contribution in [3.63, 3.8) is 0 Å². The Morgan fingerprint density at radius 3 is 2.88 bits per heavy atom. The summed E-state index contributed by atoms with van der Waals surface area (Å²) >= 11 is 0. The van der Waals surface area contributed by atoms with E-state index in [9.17, 15) is 0 Å². The van der Waals surface area contributed by atoms with Crippen LogP contribution in [-0.4, -0.2) is 25.8 Å². The third-order valence-electron chi connectivity index (χ3n) is 2.77. The first-order valence-corrected chi connectivity index (χ1v) is 5.76. The van der Waals surface area contributed by atoms with Crippen LogP contribution in [0.2, 0.25) is 0 Å². The van der Waals surface area contributed by atoms with Gasteiger partial charge in [0.25, 0.3) is 0 Å². The molecule has 5 nitrogen and oxygen atoms in total. The lowest BCUT2D eigenvalue weighted by molar-refractivity contribution is 0.644. The van der Waals surface area contributed by atoms with Gasteiger partial charge in [0.15, 0.2) is 5.82 Å². The molecule has 0 fully saturated rings. The molecule has 0 aliphatic rings. The molecule has 2 N–H and O–H groups in total. The van der Waals surface area contributed by atoms with E-state index >= 15 is 0 Å². The predicted molar refractivity (Wildman–Crippen MR) is 65.9 cm³/mol. The van der Waals surface area contributed by atoms with Crippen molar-refractivity contribution in [3.8, 4) is 5.82 Å². The Hall–Kier alpha value is -1.75. The Kier molecular flexibility index (Phi) is 3.49. The van der Waals surface area contributed by atoms with E-state index < -0.39 is 0 Å². The molecule has 2 aromatic heterocycles. The summed E-state index contributed by atoms with van der Waals surface area (Å²) < 4.78 is 1.67. The summed E-state index contributed by atoms with van der Waals surface area (Å²) in [7, 11) is 0. The van der Waals surface area contributed by atoms with Gasteiger partial charge in [0.1, 0.15) is 12.7 Å². The third-order valence-corrected chi connectivity index (χ3v) is 2.77. The summed E-state index contributed by atoms with van der Waals surface area (Å²) in [6, 6.07) is 2.31. The number of hydrogen-bond acceptors (Lipinski definition) is 4. The first-order chi connectivity index (χ1) is 8.20. The standard InChI is InChI=1S/C12H17N5/c1-3-11(13)5-10-4-9(2)12(15-6-10)17-8-14-7-16-17/h4,6-8,11H,3,5,13H2,1-2H3. The number of aromatic nitrogens is 4. The summed E-state index contributed by atoms with van der Waals surface area (Å²) in [4.78, 5) is 8.33. The second-order valence-electron chi connectivity index (χ2n) is 4.20. The highest BCUT2D eigenvalue weighted by molar-refractivity contribution is 5.34. The summed E-state index contributed by atoms with van der Waals surface area (Å²) in [5.41, 5.74) is 8.18. The van der Waals surface area contributed by atoms with Gasteiger partial charge in [-0.15, -0.1) is 0 Å². The van der Waals surface area contributed by atoms with E-state index in [1.54, 1.807) is 11.0 Å². The number of hydrogen-bond donors (Lipinski definition) is 1. The topological polar surface area (TPSA) is 69.6 Å². The van der Waals surface area contributed by atoms with E-state index in [2.05, 4.69) is 28.1 Å². The summed E-state index contributed by atoms with van der Waals surface area (Å²) in [6.07, 6.45) is 6.85. The Labute approximate surface area is 101 Å². The Balaban J connectivity index is 2.23. The first-order valence-electron chi connectivity index (χ1n) is 5.76. The van der Waals surface area contributed by atoms with Crippen molar-refractivity contribution >= 4 is 0 Å². The van der Waals surface area contributed by atoms with Crippen LogP contribution in [0.25, 0.3) is 5.82 Å². The number of rotatable bonds is 4. The maximum absolute atomic E-state index is 5.93. The maximum Gasteiger partial charge on any atom is 0.158 e. The average Bonchev–Trinajstić information content (AvgIpc) is 2.82. The summed E-state index contributed by atoms with van der Waals surface area (Å²) in [6.45, 7) is 4.11. The summed E-state index contributed by atoms with van der Waals surface area (Å²) in [5.74, 6) is 0.816. The zero-order chi connectivity index (χ0) is 12.3. The fourth-order valence-electron chi connectivity index (χ4n) is 1.74. The molecule has 0 aliphatic heterocycles. The number of nitrogens with two attached hydrogens (primary N) is 1. The van der Waals surface area contributed by atoms with E-state index in [4.69, 9.17) is 5.73 Å². The zero-order valence-electron chi connectivity index (χ0n) is 10.2. The summed E-state index contributed by atoms with van der Waals surface area (Å²) in [5, 5.41) is 4.07. The van der Waals surface area contributed by atoms with Crippen molar-refractivity contribution in [2.24, 2.45) is 5.73 Å². The second kappa shape index (κ2) is 5.05. The second-order valence-corrected chi connectivity index (χ2v) is 4.20. The van der Waals surface area contributed by atoms with Crippen LogP contribution in [0.5, 0.6) is 0 Å². The molecule has 1 unspecified atom stereocenters. The number of nitrogens with zero attached hydrogens (tertiary/aromatic N) is 4. The molecule has 90 valence electrons. The molecule has 5 heteroatoms. The van der Waals surface area contributed by atoms with Crippen LogP contribution in [0.4, 0.5) is 0 Å². The van der Waals surface area contributed by atoms with E-state index in [-0.39, 0.29) is 6.04 Å². The maximum atomic E-state index is 5.93. The predicted octanol–water partition coefficient (Wildman–Crippen LogP) is 1.25. The van der Waals surface area contributed by atoms with E-state index in [1.807, 2.05) is 13.1 Å². The third kappa shape index (κ3) is 2.68. The smallest absolute Gasteiger partial charge is 0.158 e. The molecule has 0 spiro atoms. The highest BCUT2D eigenvalue weighted by atomic mass is 15.3. The van der Waals surface area contributed by atoms with Gasteiger partial charge in [0.2, 0.25) is 0 Å². The van der Waals surface area contributed by atoms with Crippen molar-refractivity contribution in [1.82, 2.24) is 19.7 Å². The van der Waals surface area contributed by atoms with Crippen LogP contribution >= 0.6 is 0 Å². The quantitative estimate of drug-likeness (QED) is 0.859. The fourth-order valence-corrected chi connectivity index (χ4v) is 1.74. The van der Waals surface area contributed by atoms with Crippen LogP contribution in [-0.2, 0) is 6.42 Å². The van der Waals surface area contributed by atoms with Crippen LogP contribution in [0, 0.1) is 6.92 Å². The first kappa shape index (κ1) is 11.7. The Bertz CT molecular complexity index is 478. The average molecular weight is 231 g/mol. The van der Waals surface area contributed by atoms with Crippen LogP contribution in [0.3, 0.4) is 0 Å². The van der Waals surface area contributed by atoms with Gasteiger partial charge in [0.05, 0.1) is 0 Å². The van der Waals surface area contributed by atoms with Gasteiger partial charge in [-0.1, -0.05) is 13.0 Å². The van der Waals surface area contributed by atoms with Crippen molar-refractivity contribution in [3.05, 3.63) is 36.0 Å². The van der Waals surface area contributed by atoms with Crippen LogP contribution < -0.4 is 5.73 Å². The molecule has 0 radical (unpaired) electrons. The van der Waals surface area contributed by atoms with Gasteiger partial charge in [-0.2, -0.15) is 5.10 Å². The molecule has 0 saturated heterocycles. The van der Waals surface area contributed by atoms with Gasteiger partial charge in [-0.3, -0.25) is 0 Å². The monoisotopic (exact) mass is 231 g/mol. The molecular formula is C12H17N5. The lowest BCUT2D eigenvalue weighted by Crippen LogP contribution is -2.21. The molecule has 17 heavy (non-hydrogen) atoms. The highest BCUT2D eigenvalue weighted by Crippen LogP contribution is 2.12. The molecule has 0 aromatic carbocycles. The van der Waals surface area contributed by atoms with E-state index in [1.165, 1.54) is 11.9 Å². The van der Waals surface area contributed by atoms with Crippen molar-refractivity contribution < 1.29 is 0 Å². The van der Waals surface area contributed by atoms with Crippen molar-refractivity contribution in [2.75, 3.05) is 0 Å². The SMILES string of the molecule is CCC(N)Cc1cnc(-n2cncn2)c(C)c1. The van der Waals surface area contributed by atoms with Gasteiger partial charge in [-0.05, 0) is 30.9 Å². The Morgan fingerprint density at radius 1 is 1.47 bits per heavy atom. The minimum Gasteiger partial charge on any atom is -0.327 e. The fraction of sp³-hybridized carbons (Fsp3) is 0.417. The molecule has 0 bridgehead atoms. The van der Waals surface area contributed by atoms with Crippen molar-refractivity contribution in [2.45, 2.75) is 32.7 Å². The largest absolute Gasteiger partial charge is 0.327 e. The molecule has 1 atom stereocenters. The Morgan fingerprint density at radius 2 is 2.29 bits per heavy atom. The molecule has 2 heterocycles. The lowest BCUT2D eigenvalue weighted by atomic mass is 10.1. The van der Waals surface area contributed by atoms with Gasteiger partial charge in [0, 0.05) is 12.2 Å². The van der Waals surface area contributed by atoms with Crippen LogP contribution in [0.1, 0.15) is 24.5 Å². The van der Waals surface area contributed by atoms with Gasteiger partial charge >= 0.3 is 0 Å². The molecule has 0 amide bonds. The van der Waals surface area contributed by atoms with Crippen LogP contribution in [0.15, 0.2) is 24.9 Å². The highest BCUT2D eigenvalue weighted by Gasteiger charge is 2.07. The normalized spacial score (nSPS) is 12.6. The lowest BCUT2D eigenvalue weighted by Gasteiger charge is -2.10. The van der Waals surface area contributed by atoms with Gasteiger partial charge < -0.3 is 5.73 Å². The molecule has 2 aromatic rings. The number of pyridine rings is 1. The molecular weight excluding hydrogens is 214 g/mol. The van der Waals surface area contributed by atoms with Gasteiger partial charge in [-0.25, -0.2) is 14.6 Å². The minimum absolute atomic E-state index is 0.202. The number of aryl methyl sites for hydroxylation is 1. The molecule has 0 saturated carbocycles. The van der Waals surface area contributed by atoms with E-state index in [0.717, 1.165) is 24.2 Å². The molecule has 2 rings (SSSR count). The van der Waals surface area contributed by atoms with Crippen molar-refractivity contribution in [1.29, 1.82) is 0 Å². The minimum atomic E-state index is 0.202.